The molecular weight excluding hydrogens is 286 g/mol. The summed E-state index contributed by atoms with van der Waals surface area (Å²) in [6.07, 6.45) is 1.68. The predicted octanol–water partition coefficient (Wildman–Crippen LogP) is 1.03. The standard InChI is InChI=1S/C15H27N3O4/c1-15(2,3)17-14(21)18-9-7-11(8-10-18)16-12(19)5-6-13(20)22-4/h11H,5-10H2,1-4H3,(H,16,19)(H,17,21). The summed E-state index contributed by atoms with van der Waals surface area (Å²) in [5, 5.41) is 5.83. The van der Waals surface area contributed by atoms with E-state index >= 15 is 0 Å². The third kappa shape index (κ3) is 6.78. The molecule has 126 valence electrons. The summed E-state index contributed by atoms with van der Waals surface area (Å²) in [5.41, 5.74) is -0.254. The lowest BCUT2D eigenvalue weighted by Gasteiger charge is -2.34. The van der Waals surface area contributed by atoms with Crippen molar-refractivity contribution in [2.75, 3.05) is 20.2 Å². The minimum absolute atomic E-state index is 0.0591. The highest BCUT2D eigenvalue weighted by Crippen LogP contribution is 2.12. The maximum Gasteiger partial charge on any atom is 0.317 e. The zero-order valence-electron chi connectivity index (χ0n) is 13.9. The molecule has 2 N–H and O–H groups in total. The van der Waals surface area contributed by atoms with Crippen molar-refractivity contribution in [2.45, 2.75) is 58.0 Å². The molecule has 1 fully saturated rings. The van der Waals surface area contributed by atoms with Gasteiger partial charge in [0.15, 0.2) is 0 Å². The summed E-state index contributed by atoms with van der Waals surface area (Å²) >= 11 is 0. The highest BCUT2D eigenvalue weighted by atomic mass is 16.5. The molecule has 7 heteroatoms. The average molecular weight is 313 g/mol. The van der Waals surface area contributed by atoms with Gasteiger partial charge in [-0.1, -0.05) is 0 Å². The van der Waals surface area contributed by atoms with Crippen molar-refractivity contribution in [3.8, 4) is 0 Å². The van der Waals surface area contributed by atoms with E-state index in [1.165, 1.54) is 7.11 Å². The van der Waals surface area contributed by atoms with Gasteiger partial charge in [0.1, 0.15) is 0 Å². The Balaban J connectivity index is 2.29. The topological polar surface area (TPSA) is 87.7 Å². The third-order valence-electron chi connectivity index (χ3n) is 3.41. The number of carbonyl (C=O) groups is 3. The van der Waals surface area contributed by atoms with Crippen LogP contribution in [0.15, 0.2) is 0 Å². The van der Waals surface area contributed by atoms with E-state index in [-0.39, 0.29) is 42.3 Å². The van der Waals surface area contributed by atoms with Crippen LogP contribution < -0.4 is 10.6 Å². The number of esters is 1. The summed E-state index contributed by atoms with van der Waals surface area (Å²) < 4.78 is 4.50. The molecule has 3 amide bonds. The molecular formula is C15H27N3O4. The van der Waals surface area contributed by atoms with Crippen LogP contribution in [0.1, 0.15) is 46.5 Å². The Kier molecular flexibility index (Phi) is 6.64. The van der Waals surface area contributed by atoms with E-state index in [1.54, 1.807) is 4.90 Å². The fourth-order valence-corrected chi connectivity index (χ4v) is 2.24. The van der Waals surface area contributed by atoms with Crippen LogP contribution in [0, 0.1) is 0 Å². The fourth-order valence-electron chi connectivity index (χ4n) is 2.24. The molecule has 0 saturated carbocycles. The van der Waals surface area contributed by atoms with Gasteiger partial charge in [-0.05, 0) is 33.6 Å². The first-order chi connectivity index (χ1) is 10.2. The molecule has 0 aromatic carbocycles. The van der Waals surface area contributed by atoms with Gasteiger partial charge in [-0.2, -0.15) is 0 Å². The van der Waals surface area contributed by atoms with Gasteiger partial charge < -0.3 is 20.3 Å². The number of piperidine rings is 1. The number of hydrogen-bond acceptors (Lipinski definition) is 4. The van der Waals surface area contributed by atoms with Crippen LogP contribution in [-0.4, -0.2) is 54.6 Å². The molecule has 0 aromatic heterocycles. The monoisotopic (exact) mass is 313 g/mol. The lowest BCUT2D eigenvalue weighted by molar-refractivity contribution is -0.142. The number of amides is 3. The number of methoxy groups -OCH3 is 1. The number of carbonyl (C=O) groups excluding carboxylic acids is 3. The summed E-state index contributed by atoms with van der Waals surface area (Å²) in [6, 6.07) is -0.00759. The third-order valence-corrected chi connectivity index (χ3v) is 3.41. The molecule has 0 unspecified atom stereocenters. The summed E-state index contributed by atoms with van der Waals surface area (Å²) in [4.78, 5) is 36.5. The molecule has 7 nitrogen and oxygen atoms in total. The first kappa shape index (κ1) is 18.3. The zero-order chi connectivity index (χ0) is 16.8. The minimum Gasteiger partial charge on any atom is -0.469 e. The van der Waals surface area contributed by atoms with E-state index in [4.69, 9.17) is 0 Å². The van der Waals surface area contributed by atoms with Gasteiger partial charge >= 0.3 is 12.0 Å². The molecule has 1 aliphatic rings. The van der Waals surface area contributed by atoms with Crippen molar-refractivity contribution in [3.05, 3.63) is 0 Å². The minimum atomic E-state index is -0.385. The summed E-state index contributed by atoms with van der Waals surface area (Å²) in [5.74, 6) is -0.535. The maximum absolute atomic E-state index is 12.0. The van der Waals surface area contributed by atoms with Crippen molar-refractivity contribution >= 4 is 17.9 Å². The first-order valence-electron chi connectivity index (χ1n) is 7.64. The zero-order valence-corrected chi connectivity index (χ0v) is 13.9. The largest absolute Gasteiger partial charge is 0.469 e. The van der Waals surface area contributed by atoms with Crippen molar-refractivity contribution in [2.24, 2.45) is 0 Å². The SMILES string of the molecule is COC(=O)CCC(=O)NC1CCN(C(=O)NC(C)(C)C)CC1. The van der Waals surface area contributed by atoms with Crippen LogP contribution in [0.3, 0.4) is 0 Å². The highest BCUT2D eigenvalue weighted by molar-refractivity contribution is 5.81. The number of rotatable bonds is 4. The Labute approximate surface area is 131 Å². The Morgan fingerprint density at radius 1 is 1.14 bits per heavy atom. The molecule has 1 saturated heterocycles. The highest BCUT2D eigenvalue weighted by Gasteiger charge is 2.25. The van der Waals surface area contributed by atoms with Crippen LogP contribution in [0.5, 0.6) is 0 Å². The molecule has 1 heterocycles. The molecule has 1 aliphatic heterocycles. The van der Waals surface area contributed by atoms with Gasteiger partial charge in [0, 0.05) is 31.1 Å². The van der Waals surface area contributed by atoms with Crippen molar-refractivity contribution < 1.29 is 19.1 Å². The van der Waals surface area contributed by atoms with E-state index in [9.17, 15) is 14.4 Å². The smallest absolute Gasteiger partial charge is 0.317 e. The van der Waals surface area contributed by atoms with Crippen molar-refractivity contribution in [1.29, 1.82) is 0 Å². The van der Waals surface area contributed by atoms with Crippen molar-refractivity contribution in [1.82, 2.24) is 15.5 Å². The van der Waals surface area contributed by atoms with Gasteiger partial charge in [0.25, 0.3) is 0 Å². The Hall–Kier alpha value is -1.79. The van der Waals surface area contributed by atoms with Crippen molar-refractivity contribution in [3.63, 3.8) is 0 Å². The number of nitrogens with one attached hydrogen (secondary N) is 2. The Morgan fingerprint density at radius 3 is 2.23 bits per heavy atom. The normalized spacial score (nSPS) is 16.1. The number of nitrogens with zero attached hydrogens (tertiary/aromatic N) is 1. The maximum atomic E-state index is 12.0. The second-order valence-electron chi connectivity index (χ2n) is 6.59. The Morgan fingerprint density at radius 2 is 1.73 bits per heavy atom. The number of hydrogen-bond donors (Lipinski definition) is 2. The second-order valence-corrected chi connectivity index (χ2v) is 6.59. The van der Waals surface area contributed by atoms with Crippen LogP contribution in [-0.2, 0) is 14.3 Å². The summed E-state index contributed by atoms with van der Waals surface area (Å²) in [7, 11) is 1.30. The number of likely N-dealkylation sites (tertiary alicyclic amines) is 1. The van der Waals surface area contributed by atoms with Gasteiger partial charge in [0.05, 0.1) is 13.5 Å². The van der Waals surface area contributed by atoms with Crippen LogP contribution in [0.2, 0.25) is 0 Å². The van der Waals surface area contributed by atoms with Gasteiger partial charge in [-0.15, -0.1) is 0 Å². The van der Waals surface area contributed by atoms with E-state index in [0.29, 0.717) is 13.1 Å². The van der Waals surface area contributed by atoms with Gasteiger partial charge in [0.2, 0.25) is 5.91 Å². The Bertz CT molecular complexity index is 410. The molecule has 0 spiro atoms. The van der Waals surface area contributed by atoms with E-state index in [1.807, 2.05) is 20.8 Å². The van der Waals surface area contributed by atoms with E-state index < -0.39 is 0 Å². The lowest BCUT2D eigenvalue weighted by atomic mass is 10.0. The quantitative estimate of drug-likeness (QED) is 0.759. The predicted molar refractivity (Wildman–Crippen MR) is 82.3 cm³/mol. The molecule has 22 heavy (non-hydrogen) atoms. The molecule has 0 atom stereocenters. The molecule has 0 aliphatic carbocycles. The summed E-state index contributed by atoms with van der Waals surface area (Å²) in [6.45, 7) is 7.06. The molecule has 0 bridgehead atoms. The van der Waals surface area contributed by atoms with Crippen LogP contribution >= 0.6 is 0 Å². The van der Waals surface area contributed by atoms with E-state index in [0.717, 1.165) is 12.8 Å². The van der Waals surface area contributed by atoms with E-state index in [2.05, 4.69) is 15.4 Å². The average Bonchev–Trinajstić information content (AvgIpc) is 2.43. The van der Waals surface area contributed by atoms with Crippen LogP contribution in [0.25, 0.3) is 0 Å². The molecule has 0 radical (unpaired) electrons. The number of ether oxygens (including phenoxy) is 1. The fraction of sp³-hybridized carbons (Fsp3) is 0.800. The first-order valence-corrected chi connectivity index (χ1v) is 7.64. The lowest BCUT2D eigenvalue weighted by Crippen LogP contribution is -2.53. The second kappa shape index (κ2) is 8.00. The van der Waals surface area contributed by atoms with Crippen LogP contribution in [0.4, 0.5) is 4.79 Å². The molecule has 1 rings (SSSR count). The number of urea groups is 1. The molecule has 0 aromatic rings. The van der Waals surface area contributed by atoms with Gasteiger partial charge in [-0.3, -0.25) is 9.59 Å². The van der Waals surface area contributed by atoms with Gasteiger partial charge in [-0.25, -0.2) is 4.79 Å².